The summed E-state index contributed by atoms with van der Waals surface area (Å²) in [6.45, 7) is 3.53. The summed E-state index contributed by atoms with van der Waals surface area (Å²) in [6, 6.07) is 23.6. The summed E-state index contributed by atoms with van der Waals surface area (Å²) in [7, 11) is 1.63. The Bertz CT molecular complexity index is 1260. The van der Waals surface area contributed by atoms with Crippen LogP contribution >= 0.6 is 0 Å². The van der Waals surface area contributed by atoms with Gasteiger partial charge in [-0.15, -0.1) is 6.58 Å². The minimum absolute atomic E-state index is 0.145. The van der Waals surface area contributed by atoms with Crippen LogP contribution in [0.15, 0.2) is 91.5 Å². The van der Waals surface area contributed by atoms with Gasteiger partial charge in [-0.25, -0.2) is 0 Å². The normalized spacial score (nSPS) is 10.5. The molecule has 5 nitrogen and oxygen atoms in total. The topological polar surface area (TPSA) is 65.0 Å². The highest BCUT2D eigenvalue weighted by atomic mass is 16.5. The smallest absolute Gasteiger partial charge is 0.315 e. The van der Waals surface area contributed by atoms with Gasteiger partial charge in [0.15, 0.2) is 0 Å². The molecule has 0 fully saturated rings. The molecule has 0 aliphatic carbocycles. The quantitative estimate of drug-likeness (QED) is 0.208. The van der Waals surface area contributed by atoms with E-state index in [1.165, 1.54) is 6.08 Å². The number of ether oxygens (including phenoxy) is 3. The zero-order valence-corrected chi connectivity index (χ0v) is 17.6. The average Bonchev–Trinajstić information content (AvgIpc) is 2.80. The van der Waals surface area contributed by atoms with Crippen molar-refractivity contribution in [2.45, 2.75) is 6.42 Å². The second-order valence-electron chi connectivity index (χ2n) is 7.12. The van der Waals surface area contributed by atoms with Crippen molar-refractivity contribution in [2.75, 3.05) is 7.11 Å². The monoisotopic (exact) mass is 426 g/mol. The van der Waals surface area contributed by atoms with Gasteiger partial charge in [0.05, 0.1) is 13.5 Å². The Kier molecular flexibility index (Phi) is 6.08. The van der Waals surface area contributed by atoms with E-state index in [4.69, 9.17) is 14.2 Å². The number of phenols is 1. The number of benzene rings is 4. The third-order valence-electron chi connectivity index (χ3n) is 4.94. The van der Waals surface area contributed by atoms with Gasteiger partial charge in [-0.3, -0.25) is 4.79 Å². The van der Waals surface area contributed by atoms with Gasteiger partial charge in [-0.05, 0) is 71.6 Å². The molecule has 4 aromatic carbocycles. The fraction of sp³-hybridized carbons (Fsp3) is 0.0741. The Morgan fingerprint density at radius 1 is 0.906 bits per heavy atom. The van der Waals surface area contributed by atoms with Crippen LogP contribution in [0.2, 0.25) is 0 Å². The number of hydrogen-bond acceptors (Lipinski definition) is 5. The van der Waals surface area contributed by atoms with Crippen molar-refractivity contribution in [2.24, 2.45) is 0 Å². The van der Waals surface area contributed by atoms with Gasteiger partial charge in [0.1, 0.15) is 28.7 Å². The van der Waals surface area contributed by atoms with E-state index >= 15 is 0 Å². The zero-order chi connectivity index (χ0) is 22.5. The molecule has 0 bridgehead atoms. The highest BCUT2D eigenvalue weighted by Crippen LogP contribution is 2.41. The maximum atomic E-state index is 11.7. The molecule has 0 saturated heterocycles. The molecule has 0 aromatic heterocycles. The molecule has 0 aliphatic rings. The number of carbonyl (C=O) groups excluding carboxylic acids is 1. The maximum absolute atomic E-state index is 11.7. The van der Waals surface area contributed by atoms with Crippen molar-refractivity contribution in [3.63, 3.8) is 0 Å². The van der Waals surface area contributed by atoms with Gasteiger partial charge < -0.3 is 19.3 Å². The van der Waals surface area contributed by atoms with Crippen molar-refractivity contribution in [3.8, 4) is 39.9 Å². The van der Waals surface area contributed by atoms with Crippen molar-refractivity contribution in [3.05, 3.63) is 91.5 Å². The molecule has 0 amide bonds. The van der Waals surface area contributed by atoms with Crippen LogP contribution in [0, 0.1) is 0 Å². The van der Waals surface area contributed by atoms with Gasteiger partial charge in [0.25, 0.3) is 0 Å². The van der Waals surface area contributed by atoms with Crippen molar-refractivity contribution >= 4 is 16.7 Å². The number of esters is 1. The van der Waals surface area contributed by atoms with Crippen LogP contribution < -0.4 is 14.2 Å². The van der Waals surface area contributed by atoms with Crippen LogP contribution in [0.1, 0.15) is 6.42 Å². The van der Waals surface area contributed by atoms with E-state index in [1.54, 1.807) is 43.5 Å². The number of rotatable bonds is 7. The van der Waals surface area contributed by atoms with E-state index in [0.29, 0.717) is 17.2 Å². The Morgan fingerprint density at radius 2 is 1.59 bits per heavy atom. The first kappa shape index (κ1) is 21.0. The highest BCUT2D eigenvalue weighted by molar-refractivity contribution is 5.96. The number of hydrogen-bond donors (Lipinski definition) is 1. The summed E-state index contributed by atoms with van der Waals surface area (Å²) in [4.78, 5) is 11.7. The standard InChI is InChI=1S/C27H22O5/c1-3-4-26(29)31-22-11-13-23(14-12-22)32-27-24(18-5-9-21(30-2)10-6-18)15-7-19-17-20(28)8-16-25(19)27/h3,5-17,28H,1,4H2,2H3. The van der Waals surface area contributed by atoms with Crippen molar-refractivity contribution in [1.29, 1.82) is 0 Å². The number of phenolic OH excluding ortho intramolecular Hbond substituents is 1. The lowest BCUT2D eigenvalue weighted by molar-refractivity contribution is -0.133. The molecule has 32 heavy (non-hydrogen) atoms. The first-order valence-electron chi connectivity index (χ1n) is 10.1. The molecule has 0 aliphatic heterocycles. The molecule has 1 N–H and O–H groups in total. The lowest BCUT2D eigenvalue weighted by atomic mass is 9.99. The molecule has 0 atom stereocenters. The predicted molar refractivity (Wildman–Crippen MR) is 125 cm³/mol. The van der Waals surface area contributed by atoms with Crippen LogP contribution in [-0.4, -0.2) is 18.2 Å². The van der Waals surface area contributed by atoms with Gasteiger partial charge in [-0.2, -0.15) is 0 Å². The second kappa shape index (κ2) is 9.27. The first-order valence-corrected chi connectivity index (χ1v) is 10.1. The summed E-state index contributed by atoms with van der Waals surface area (Å²) in [5.41, 5.74) is 1.86. The molecule has 5 heteroatoms. The zero-order valence-electron chi connectivity index (χ0n) is 17.6. The van der Waals surface area contributed by atoms with Crippen LogP contribution in [0.4, 0.5) is 0 Å². The molecule has 160 valence electrons. The lowest BCUT2D eigenvalue weighted by Crippen LogP contribution is -2.05. The Balaban J connectivity index is 1.72. The maximum Gasteiger partial charge on any atom is 0.315 e. The molecule has 0 heterocycles. The van der Waals surface area contributed by atoms with Crippen molar-refractivity contribution < 1.29 is 24.1 Å². The van der Waals surface area contributed by atoms with E-state index in [9.17, 15) is 9.90 Å². The minimum Gasteiger partial charge on any atom is -0.508 e. The van der Waals surface area contributed by atoms with Crippen molar-refractivity contribution in [1.82, 2.24) is 0 Å². The summed E-state index contributed by atoms with van der Waals surface area (Å²) < 4.78 is 16.8. The second-order valence-corrected chi connectivity index (χ2v) is 7.12. The van der Waals surface area contributed by atoms with E-state index in [-0.39, 0.29) is 18.1 Å². The highest BCUT2D eigenvalue weighted by Gasteiger charge is 2.14. The Morgan fingerprint density at radius 3 is 2.28 bits per heavy atom. The predicted octanol–water partition coefficient (Wildman–Crippen LogP) is 6.49. The molecule has 4 rings (SSSR count). The van der Waals surface area contributed by atoms with Gasteiger partial charge in [-0.1, -0.05) is 24.3 Å². The third-order valence-corrected chi connectivity index (χ3v) is 4.94. The fourth-order valence-electron chi connectivity index (χ4n) is 3.38. The molecule has 4 aromatic rings. The summed E-state index contributed by atoms with van der Waals surface area (Å²) in [5.74, 6) is 2.26. The Hall–Kier alpha value is -4.25. The van der Waals surface area contributed by atoms with Gasteiger partial charge in [0.2, 0.25) is 0 Å². The average molecular weight is 426 g/mol. The first-order chi connectivity index (χ1) is 15.6. The molecule has 0 saturated carbocycles. The van der Waals surface area contributed by atoms with Gasteiger partial charge >= 0.3 is 5.97 Å². The SMILES string of the molecule is C=CCC(=O)Oc1ccc(Oc2c(-c3ccc(OC)cc3)ccc3cc(O)ccc23)cc1. The number of aromatic hydroxyl groups is 1. The number of fused-ring (bicyclic) bond motifs is 1. The summed E-state index contributed by atoms with van der Waals surface area (Å²) in [6.07, 6.45) is 1.64. The number of methoxy groups -OCH3 is 1. The molecule has 0 unspecified atom stereocenters. The lowest BCUT2D eigenvalue weighted by Gasteiger charge is -2.15. The Labute approximate surface area is 186 Å². The minimum atomic E-state index is -0.371. The third kappa shape index (κ3) is 4.57. The van der Waals surface area contributed by atoms with E-state index in [0.717, 1.165) is 27.6 Å². The molecular formula is C27H22O5. The van der Waals surface area contributed by atoms with Crippen LogP contribution in [0.5, 0.6) is 28.7 Å². The number of carbonyl (C=O) groups is 1. The summed E-state index contributed by atoms with van der Waals surface area (Å²) >= 11 is 0. The van der Waals surface area contributed by atoms with E-state index in [2.05, 4.69) is 6.58 Å². The van der Waals surface area contributed by atoms with Crippen LogP contribution in [0.3, 0.4) is 0 Å². The molecule has 0 spiro atoms. The van der Waals surface area contributed by atoms with Crippen LogP contribution in [0.25, 0.3) is 21.9 Å². The van der Waals surface area contributed by atoms with Gasteiger partial charge in [0, 0.05) is 10.9 Å². The largest absolute Gasteiger partial charge is 0.508 e. The van der Waals surface area contributed by atoms with E-state index in [1.807, 2.05) is 42.5 Å². The van der Waals surface area contributed by atoms with Crippen LogP contribution in [-0.2, 0) is 4.79 Å². The fourth-order valence-corrected chi connectivity index (χ4v) is 3.38. The van der Waals surface area contributed by atoms with E-state index < -0.39 is 0 Å². The molecular weight excluding hydrogens is 404 g/mol. The summed E-state index contributed by atoms with van der Waals surface area (Å²) in [5, 5.41) is 11.6. The molecule has 0 radical (unpaired) electrons.